The van der Waals surface area contributed by atoms with Crippen LogP contribution in [0.15, 0.2) is 60.9 Å². The smallest absolute Gasteiger partial charge is 0.149 e. The molecule has 0 bridgehead atoms. The van der Waals surface area contributed by atoms with Gasteiger partial charge in [0.25, 0.3) is 0 Å². The Labute approximate surface area is 125 Å². The number of nitrogens with zero attached hydrogens (tertiary/aromatic N) is 1. The van der Waals surface area contributed by atoms with E-state index in [4.69, 9.17) is 11.6 Å². The number of pyridine rings is 1. The van der Waals surface area contributed by atoms with Crippen molar-refractivity contribution in [3.05, 3.63) is 77.6 Å². The summed E-state index contributed by atoms with van der Waals surface area (Å²) in [7, 11) is 0. The minimum Gasteiger partial charge on any atom is -0.261 e. The van der Waals surface area contributed by atoms with E-state index in [-0.39, 0.29) is 0 Å². The van der Waals surface area contributed by atoms with Gasteiger partial charge in [-0.3, -0.25) is 4.98 Å². The molecular weight excluding hydrogens is 292 g/mol. The van der Waals surface area contributed by atoms with Crippen LogP contribution in [0.3, 0.4) is 0 Å². The van der Waals surface area contributed by atoms with Crippen molar-refractivity contribution in [1.29, 1.82) is 0 Å². The lowest BCUT2D eigenvalue weighted by Crippen LogP contribution is -1.93. The summed E-state index contributed by atoms with van der Waals surface area (Å²) in [4.78, 5) is 3.84. The van der Waals surface area contributed by atoms with Gasteiger partial charge in [-0.05, 0) is 23.8 Å². The molecule has 0 aliphatic rings. The molecule has 0 spiro atoms. The molecule has 0 aliphatic carbocycles. The first kappa shape index (κ1) is 13.7. The maximum atomic E-state index is 14.2. The lowest BCUT2D eigenvalue weighted by atomic mass is 9.96. The van der Waals surface area contributed by atoms with Gasteiger partial charge in [-0.1, -0.05) is 41.9 Å². The van der Waals surface area contributed by atoms with Gasteiger partial charge < -0.3 is 0 Å². The second-order valence-corrected chi connectivity index (χ2v) is 4.97. The SMILES string of the molecule is Fc1ccccc1-c1cncc(F)c1-c1ccc(Cl)cc1. The molecule has 3 aromatic rings. The standard InChI is InChI=1S/C17H10ClF2N/c18-12-7-5-11(6-8-12)17-14(9-21-10-16(17)20)13-3-1-2-4-15(13)19/h1-10H. The van der Waals surface area contributed by atoms with Crippen LogP contribution in [0, 0.1) is 11.6 Å². The lowest BCUT2D eigenvalue weighted by molar-refractivity contribution is 0.622. The zero-order valence-electron chi connectivity index (χ0n) is 10.9. The zero-order chi connectivity index (χ0) is 14.8. The van der Waals surface area contributed by atoms with Gasteiger partial charge in [0.05, 0.1) is 6.20 Å². The van der Waals surface area contributed by atoms with Crippen LogP contribution in [-0.4, -0.2) is 4.98 Å². The van der Waals surface area contributed by atoms with Gasteiger partial charge in [0.1, 0.15) is 11.6 Å². The van der Waals surface area contributed by atoms with Crippen molar-refractivity contribution in [2.75, 3.05) is 0 Å². The number of aromatic nitrogens is 1. The first-order valence-corrected chi connectivity index (χ1v) is 6.69. The number of rotatable bonds is 2. The molecule has 1 nitrogen and oxygen atoms in total. The fraction of sp³-hybridized carbons (Fsp3) is 0. The molecule has 0 saturated carbocycles. The summed E-state index contributed by atoms with van der Waals surface area (Å²) >= 11 is 5.85. The number of hydrogen-bond donors (Lipinski definition) is 0. The Bertz CT molecular complexity index is 785. The first-order chi connectivity index (χ1) is 10.2. The summed E-state index contributed by atoms with van der Waals surface area (Å²) in [5.74, 6) is -0.918. The fourth-order valence-corrected chi connectivity index (χ4v) is 2.35. The Morgan fingerprint density at radius 2 is 1.48 bits per heavy atom. The Morgan fingerprint density at radius 1 is 0.762 bits per heavy atom. The predicted molar refractivity (Wildman–Crippen MR) is 80.0 cm³/mol. The average Bonchev–Trinajstić information content (AvgIpc) is 2.49. The molecule has 104 valence electrons. The molecule has 0 unspecified atom stereocenters. The molecule has 0 N–H and O–H groups in total. The van der Waals surface area contributed by atoms with E-state index in [2.05, 4.69) is 4.98 Å². The maximum Gasteiger partial charge on any atom is 0.149 e. The van der Waals surface area contributed by atoms with Crippen LogP contribution in [0.5, 0.6) is 0 Å². The van der Waals surface area contributed by atoms with Crippen molar-refractivity contribution >= 4 is 11.6 Å². The fourth-order valence-electron chi connectivity index (χ4n) is 2.23. The number of halogens is 3. The van der Waals surface area contributed by atoms with Crippen molar-refractivity contribution in [1.82, 2.24) is 4.98 Å². The first-order valence-electron chi connectivity index (χ1n) is 6.31. The molecule has 0 radical (unpaired) electrons. The van der Waals surface area contributed by atoms with Crippen molar-refractivity contribution in [2.24, 2.45) is 0 Å². The van der Waals surface area contributed by atoms with Gasteiger partial charge in [-0.25, -0.2) is 8.78 Å². The van der Waals surface area contributed by atoms with E-state index in [1.54, 1.807) is 42.5 Å². The van der Waals surface area contributed by atoms with Crippen LogP contribution in [0.1, 0.15) is 0 Å². The van der Waals surface area contributed by atoms with Crippen LogP contribution < -0.4 is 0 Å². The van der Waals surface area contributed by atoms with Gasteiger partial charge >= 0.3 is 0 Å². The lowest BCUT2D eigenvalue weighted by Gasteiger charge is -2.11. The number of hydrogen-bond acceptors (Lipinski definition) is 1. The summed E-state index contributed by atoms with van der Waals surface area (Å²) < 4.78 is 28.2. The van der Waals surface area contributed by atoms with E-state index in [0.29, 0.717) is 27.3 Å². The topological polar surface area (TPSA) is 12.9 Å². The Balaban J connectivity index is 2.26. The molecule has 1 aromatic heterocycles. The van der Waals surface area contributed by atoms with Gasteiger partial charge in [-0.15, -0.1) is 0 Å². The number of benzene rings is 2. The molecular formula is C17H10ClF2N. The van der Waals surface area contributed by atoms with Crippen LogP contribution in [0.25, 0.3) is 22.3 Å². The van der Waals surface area contributed by atoms with Gasteiger partial charge in [-0.2, -0.15) is 0 Å². The molecule has 0 saturated heterocycles. The van der Waals surface area contributed by atoms with E-state index in [1.807, 2.05) is 0 Å². The Hall–Kier alpha value is -2.26. The summed E-state index contributed by atoms with van der Waals surface area (Å²) in [6, 6.07) is 13.0. The Morgan fingerprint density at radius 3 is 2.19 bits per heavy atom. The van der Waals surface area contributed by atoms with Crippen molar-refractivity contribution in [3.63, 3.8) is 0 Å². The second kappa shape index (κ2) is 5.62. The van der Waals surface area contributed by atoms with Gasteiger partial charge in [0, 0.05) is 27.9 Å². The molecule has 0 aliphatic heterocycles. The second-order valence-electron chi connectivity index (χ2n) is 4.53. The molecule has 0 amide bonds. The van der Waals surface area contributed by atoms with Crippen LogP contribution in [0.2, 0.25) is 5.02 Å². The van der Waals surface area contributed by atoms with E-state index in [1.165, 1.54) is 12.3 Å². The maximum absolute atomic E-state index is 14.2. The molecule has 3 rings (SSSR count). The molecule has 2 aromatic carbocycles. The minimum absolute atomic E-state index is 0.312. The highest BCUT2D eigenvalue weighted by Gasteiger charge is 2.15. The third kappa shape index (κ3) is 2.65. The highest BCUT2D eigenvalue weighted by atomic mass is 35.5. The van der Waals surface area contributed by atoms with Gasteiger partial charge in [0.2, 0.25) is 0 Å². The van der Waals surface area contributed by atoms with Crippen LogP contribution >= 0.6 is 11.6 Å². The van der Waals surface area contributed by atoms with E-state index in [0.717, 1.165) is 6.20 Å². The summed E-state index contributed by atoms with van der Waals surface area (Å²) in [5.41, 5.74) is 1.66. The molecule has 1 heterocycles. The van der Waals surface area contributed by atoms with Crippen LogP contribution in [0.4, 0.5) is 8.78 Å². The largest absolute Gasteiger partial charge is 0.261 e. The summed E-state index contributed by atoms with van der Waals surface area (Å²) in [6.07, 6.45) is 2.58. The third-order valence-corrected chi connectivity index (χ3v) is 3.45. The van der Waals surface area contributed by atoms with E-state index in [9.17, 15) is 8.78 Å². The monoisotopic (exact) mass is 301 g/mol. The third-order valence-electron chi connectivity index (χ3n) is 3.20. The highest BCUT2D eigenvalue weighted by Crippen LogP contribution is 2.35. The quantitative estimate of drug-likeness (QED) is 0.622. The predicted octanol–water partition coefficient (Wildman–Crippen LogP) is 5.35. The van der Waals surface area contributed by atoms with Crippen molar-refractivity contribution < 1.29 is 8.78 Å². The molecule has 21 heavy (non-hydrogen) atoms. The zero-order valence-corrected chi connectivity index (χ0v) is 11.6. The normalized spacial score (nSPS) is 10.6. The molecule has 0 fully saturated rings. The highest BCUT2D eigenvalue weighted by molar-refractivity contribution is 6.30. The minimum atomic E-state index is -0.502. The van der Waals surface area contributed by atoms with Gasteiger partial charge in [0.15, 0.2) is 0 Å². The van der Waals surface area contributed by atoms with Crippen molar-refractivity contribution in [2.45, 2.75) is 0 Å². The summed E-state index contributed by atoms with van der Waals surface area (Å²) in [6.45, 7) is 0. The van der Waals surface area contributed by atoms with E-state index < -0.39 is 11.6 Å². The Kier molecular flexibility index (Phi) is 3.67. The van der Waals surface area contributed by atoms with Crippen LogP contribution in [-0.2, 0) is 0 Å². The average molecular weight is 302 g/mol. The van der Waals surface area contributed by atoms with E-state index >= 15 is 0 Å². The summed E-state index contributed by atoms with van der Waals surface area (Å²) in [5, 5.41) is 0.556. The molecule has 0 atom stereocenters. The van der Waals surface area contributed by atoms with Crippen molar-refractivity contribution in [3.8, 4) is 22.3 Å². The molecule has 4 heteroatoms.